The van der Waals surface area contributed by atoms with Crippen molar-refractivity contribution < 1.29 is 22.8 Å². The van der Waals surface area contributed by atoms with Crippen molar-refractivity contribution in [3.05, 3.63) is 48.7 Å². The fourth-order valence-electron chi connectivity index (χ4n) is 6.00. The first-order valence-corrected chi connectivity index (χ1v) is 17.3. The van der Waals surface area contributed by atoms with Crippen LogP contribution in [0.4, 0.5) is 5.13 Å². The van der Waals surface area contributed by atoms with Gasteiger partial charge in [0.15, 0.2) is 5.13 Å². The van der Waals surface area contributed by atoms with Gasteiger partial charge in [-0.25, -0.2) is 13.4 Å². The number of hydrogen-bond acceptors (Lipinski definition) is 8. The number of sulfonamides is 1. The molecule has 0 spiro atoms. The molecule has 2 aliphatic heterocycles. The lowest BCUT2D eigenvalue weighted by atomic mass is 10.1. The fraction of sp³-hybridized carbons (Fsp3) is 0.533. The van der Waals surface area contributed by atoms with E-state index in [0.717, 1.165) is 36.1 Å². The first-order chi connectivity index (χ1) is 20.3. The van der Waals surface area contributed by atoms with Crippen LogP contribution in [0.1, 0.15) is 64.2 Å². The summed E-state index contributed by atoms with van der Waals surface area (Å²) in [6, 6.07) is 8.69. The molecule has 1 aromatic carbocycles. The van der Waals surface area contributed by atoms with Crippen molar-refractivity contribution in [1.82, 2.24) is 19.9 Å². The number of amides is 3. The van der Waals surface area contributed by atoms with Gasteiger partial charge < -0.3 is 15.5 Å². The van der Waals surface area contributed by atoms with Gasteiger partial charge in [-0.1, -0.05) is 66.7 Å². The first kappa shape index (κ1) is 28.9. The van der Waals surface area contributed by atoms with E-state index in [1.54, 1.807) is 11.1 Å². The van der Waals surface area contributed by atoms with Crippen molar-refractivity contribution in [3.63, 3.8) is 0 Å². The number of nitrogens with one attached hydrogen (secondary N) is 3. The number of benzene rings is 1. The van der Waals surface area contributed by atoms with E-state index in [-0.39, 0.29) is 11.8 Å². The number of carbonyl (C=O) groups is 3. The predicted molar refractivity (Wildman–Crippen MR) is 161 cm³/mol. The van der Waals surface area contributed by atoms with E-state index in [1.807, 2.05) is 42.5 Å². The highest BCUT2D eigenvalue weighted by atomic mass is 32.2. The quantitative estimate of drug-likeness (QED) is 0.425. The third-order valence-electron chi connectivity index (χ3n) is 8.69. The van der Waals surface area contributed by atoms with Gasteiger partial charge in [0.2, 0.25) is 21.8 Å². The van der Waals surface area contributed by atoms with E-state index in [4.69, 9.17) is 0 Å². The molecule has 0 bridgehead atoms. The van der Waals surface area contributed by atoms with Crippen molar-refractivity contribution in [1.29, 1.82) is 0 Å². The van der Waals surface area contributed by atoms with Crippen LogP contribution in [0.3, 0.4) is 0 Å². The van der Waals surface area contributed by atoms with E-state index in [2.05, 4.69) is 20.3 Å². The van der Waals surface area contributed by atoms with Gasteiger partial charge in [0.25, 0.3) is 5.91 Å². The van der Waals surface area contributed by atoms with Gasteiger partial charge in [0, 0.05) is 18.7 Å². The number of allylic oxidation sites excluding steroid dienone is 1. The van der Waals surface area contributed by atoms with E-state index in [1.165, 1.54) is 11.3 Å². The molecule has 0 unspecified atom stereocenters. The molecule has 224 valence electrons. The van der Waals surface area contributed by atoms with E-state index >= 15 is 0 Å². The largest absolute Gasteiger partial charge is 0.350 e. The first-order valence-electron chi connectivity index (χ1n) is 14.9. The second-order valence-corrected chi connectivity index (χ2v) is 14.8. The smallest absolute Gasteiger partial charge is 0.259 e. The van der Waals surface area contributed by atoms with Gasteiger partial charge >= 0.3 is 0 Å². The molecule has 6 rings (SSSR count). The van der Waals surface area contributed by atoms with Crippen LogP contribution in [-0.4, -0.2) is 65.4 Å². The van der Waals surface area contributed by atoms with Crippen molar-refractivity contribution >= 4 is 44.2 Å². The molecule has 10 nitrogen and oxygen atoms in total. The number of thiazole rings is 1. The molecule has 3 heterocycles. The maximum Gasteiger partial charge on any atom is 0.259 e. The Morgan fingerprint density at radius 1 is 1.05 bits per heavy atom. The van der Waals surface area contributed by atoms with Gasteiger partial charge in [-0.15, -0.1) is 0 Å². The Balaban J connectivity index is 1.21. The standard InChI is InChI=1S/C30H37N5O5S2/c36-26-24-14-9-17-35(24)27(37)23(32-29-31-19-25(41-29)20-10-5-4-6-11-20)13-8-3-1-2-7-12-21-18-30(21,33-26)28(38)34-42(39,40)22-15-16-22/h4-7,10-12,19,21-24H,1-3,8-9,13-18H2,(H,31,32)(H,33,36)(H,34,38)/b12-7-/t21-,23+,24+,30-/m1/s1. The topological polar surface area (TPSA) is 138 Å². The molecular formula is C30H37N5O5S2. The van der Waals surface area contributed by atoms with Crippen molar-refractivity contribution in [3.8, 4) is 10.4 Å². The summed E-state index contributed by atoms with van der Waals surface area (Å²) in [5.74, 6) is -1.54. The van der Waals surface area contributed by atoms with Crippen LogP contribution in [0, 0.1) is 5.92 Å². The summed E-state index contributed by atoms with van der Waals surface area (Å²) in [6.07, 6.45) is 12.4. The molecule has 2 saturated carbocycles. The second-order valence-electron chi connectivity index (χ2n) is 11.8. The molecule has 42 heavy (non-hydrogen) atoms. The lowest BCUT2D eigenvalue weighted by Crippen LogP contribution is -2.57. The SMILES string of the molecule is O=C1N[C@]2(C(=O)NS(=O)(=O)C3CC3)C[C@H]2/C=C\CCCCC[C@H](Nc2ncc(-c3ccccc3)s2)C(=O)N2CCC[C@@H]12. The summed E-state index contributed by atoms with van der Waals surface area (Å²) >= 11 is 1.49. The zero-order chi connectivity index (χ0) is 29.3. The average Bonchev–Trinajstić information content (AvgIpc) is 3.84. The lowest BCUT2D eigenvalue weighted by Gasteiger charge is -2.30. The Bertz CT molecular complexity index is 1470. The molecule has 1 saturated heterocycles. The summed E-state index contributed by atoms with van der Waals surface area (Å²) in [4.78, 5) is 48.1. The minimum absolute atomic E-state index is 0.153. The monoisotopic (exact) mass is 611 g/mol. The van der Waals surface area contributed by atoms with Gasteiger partial charge in [0.05, 0.1) is 10.1 Å². The van der Waals surface area contributed by atoms with Gasteiger partial charge in [-0.3, -0.25) is 19.1 Å². The highest BCUT2D eigenvalue weighted by molar-refractivity contribution is 7.91. The number of hydrogen-bond donors (Lipinski definition) is 3. The summed E-state index contributed by atoms with van der Waals surface area (Å²) in [5.41, 5.74) is -0.263. The van der Waals surface area contributed by atoms with Crippen LogP contribution in [-0.2, 0) is 24.4 Å². The summed E-state index contributed by atoms with van der Waals surface area (Å²) < 4.78 is 27.3. The maximum absolute atomic E-state index is 14.0. The Morgan fingerprint density at radius 2 is 1.86 bits per heavy atom. The third-order valence-corrected chi connectivity index (χ3v) is 11.5. The minimum Gasteiger partial charge on any atom is -0.350 e. The normalized spacial score (nSPS) is 29.3. The van der Waals surface area contributed by atoms with Crippen LogP contribution in [0.15, 0.2) is 48.7 Å². The molecule has 2 aromatic rings. The fourth-order valence-corrected chi connectivity index (χ4v) is 8.24. The Labute approximate surface area is 250 Å². The van der Waals surface area contributed by atoms with Crippen LogP contribution < -0.4 is 15.4 Å². The van der Waals surface area contributed by atoms with Crippen molar-refractivity contribution in [2.75, 3.05) is 11.9 Å². The summed E-state index contributed by atoms with van der Waals surface area (Å²) in [7, 11) is -3.76. The Morgan fingerprint density at radius 3 is 2.64 bits per heavy atom. The van der Waals surface area contributed by atoms with Gasteiger partial charge in [-0.05, 0) is 56.9 Å². The highest BCUT2D eigenvalue weighted by Gasteiger charge is 2.61. The number of anilines is 1. The van der Waals surface area contributed by atoms with E-state index in [9.17, 15) is 22.8 Å². The van der Waals surface area contributed by atoms with Crippen LogP contribution >= 0.6 is 11.3 Å². The zero-order valence-corrected chi connectivity index (χ0v) is 25.1. The summed E-state index contributed by atoms with van der Waals surface area (Å²) in [6.45, 7) is 0.445. The molecular weight excluding hydrogens is 574 g/mol. The molecule has 3 N–H and O–H groups in total. The van der Waals surface area contributed by atoms with E-state index in [0.29, 0.717) is 50.2 Å². The molecule has 4 atom stereocenters. The molecule has 4 aliphatic rings. The highest BCUT2D eigenvalue weighted by Crippen LogP contribution is 2.46. The Hall–Kier alpha value is -3.25. The lowest BCUT2D eigenvalue weighted by molar-refractivity contribution is -0.140. The zero-order valence-electron chi connectivity index (χ0n) is 23.5. The second kappa shape index (κ2) is 11.8. The van der Waals surface area contributed by atoms with Gasteiger partial charge in [-0.2, -0.15) is 0 Å². The van der Waals surface area contributed by atoms with Crippen molar-refractivity contribution in [2.45, 2.75) is 87.1 Å². The Kier molecular flexibility index (Phi) is 8.10. The molecule has 3 amide bonds. The summed E-state index contributed by atoms with van der Waals surface area (Å²) in [5, 5.41) is 6.38. The molecule has 1 aromatic heterocycles. The predicted octanol–water partition coefficient (Wildman–Crippen LogP) is 3.59. The van der Waals surface area contributed by atoms with Crippen LogP contribution in [0.5, 0.6) is 0 Å². The number of aromatic nitrogens is 1. The van der Waals surface area contributed by atoms with Crippen molar-refractivity contribution in [2.24, 2.45) is 5.92 Å². The average molecular weight is 612 g/mol. The molecule has 3 fully saturated rings. The van der Waals surface area contributed by atoms with E-state index < -0.39 is 44.7 Å². The van der Waals surface area contributed by atoms with Crippen LogP contribution in [0.2, 0.25) is 0 Å². The minimum atomic E-state index is -3.76. The number of nitrogens with zero attached hydrogens (tertiary/aromatic N) is 2. The third kappa shape index (κ3) is 6.10. The molecule has 0 radical (unpaired) electrons. The molecule has 2 aliphatic carbocycles. The number of fused-ring (bicyclic) bond motifs is 2. The molecule has 12 heteroatoms. The maximum atomic E-state index is 14.0. The van der Waals surface area contributed by atoms with Gasteiger partial charge in [0.1, 0.15) is 17.6 Å². The number of carbonyl (C=O) groups excluding carboxylic acids is 3. The number of rotatable bonds is 6. The van der Waals surface area contributed by atoms with Crippen LogP contribution in [0.25, 0.3) is 10.4 Å².